The first kappa shape index (κ1) is 16.5. The van der Waals surface area contributed by atoms with Crippen LogP contribution in [-0.2, 0) is 16.1 Å². The molecule has 0 radical (unpaired) electrons. The number of nitrogens with one attached hydrogen (secondary N) is 2. The number of amides is 1. The zero-order valence-electron chi connectivity index (χ0n) is 14.1. The lowest BCUT2D eigenvalue weighted by Gasteiger charge is -2.27. The van der Waals surface area contributed by atoms with Crippen molar-refractivity contribution in [2.45, 2.75) is 39.3 Å². The molecular formula is C17H28N4O2. The Hall–Kier alpha value is -1.40. The molecule has 2 aliphatic rings. The van der Waals surface area contributed by atoms with Crippen LogP contribution in [0, 0.1) is 17.8 Å². The second kappa shape index (κ2) is 7.45. The van der Waals surface area contributed by atoms with E-state index in [-0.39, 0.29) is 17.9 Å². The lowest BCUT2D eigenvalue weighted by atomic mass is 9.90. The van der Waals surface area contributed by atoms with Gasteiger partial charge in [-0.2, -0.15) is 0 Å². The largest absolute Gasteiger partial charge is 0.381 e. The molecule has 0 spiro atoms. The van der Waals surface area contributed by atoms with Crippen molar-refractivity contribution in [1.82, 2.24) is 20.2 Å². The maximum atomic E-state index is 12.5. The molecular weight excluding hydrogens is 292 g/mol. The molecule has 0 bridgehead atoms. The van der Waals surface area contributed by atoms with Gasteiger partial charge in [-0.05, 0) is 24.7 Å². The third kappa shape index (κ3) is 4.12. The van der Waals surface area contributed by atoms with E-state index < -0.39 is 0 Å². The van der Waals surface area contributed by atoms with Crippen LogP contribution in [0.5, 0.6) is 0 Å². The molecule has 6 nitrogen and oxygen atoms in total. The number of ether oxygens (including phenoxy) is 1. The average molecular weight is 320 g/mol. The van der Waals surface area contributed by atoms with Crippen LogP contribution in [0.1, 0.15) is 32.5 Å². The summed E-state index contributed by atoms with van der Waals surface area (Å²) in [5.41, 5.74) is 0. The van der Waals surface area contributed by atoms with E-state index in [2.05, 4.69) is 34.0 Å². The lowest BCUT2D eigenvalue weighted by molar-refractivity contribution is -0.128. The predicted molar refractivity (Wildman–Crippen MR) is 87.7 cm³/mol. The Morgan fingerprint density at radius 3 is 2.87 bits per heavy atom. The highest BCUT2D eigenvalue weighted by atomic mass is 16.5. The summed E-state index contributed by atoms with van der Waals surface area (Å²) in [4.78, 5) is 22.4. The Bertz CT molecular complexity index is 497. The molecule has 0 unspecified atom stereocenters. The van der Waals surface area contributed by atoms with Gasteiger partial charge in [0.15, 0.2) is 0 Å². The first-order valence-electron chi connectivity index (χ1n) is 8.72. The van der Waals surface area contributed by atoms with Gasteiger partial charge in [-0.25, -0.2) is 4.98 Å². The van der Waals surface area contributed by atoms with Gasteiger partial charge in [-0.3, -0.25) is 9.69 Å². The van der Waals surface area contributed by atoms with Crippen molar-refractivity contribution in [3.05, 3.63) is 18.2 Å². The number of aromatic amines is 1. The van der Waals surface area contributed by atoms with Crippen molar-refractivity contribution in [2.75, 3.05) is 26.3 Å². The van der Waals surface area contributed by atoms with Crippen LogP contribution < -0.4 is 5.32 Å². The molecule has 2 saturated heterocycles. The highest BCUT2D eigenvalue weighted by molar-refractivity contribution is 5.79. The van der Waals surface area contributed by atoms with Gasteiger partial charge in [0.1, 0.15) is 5.82 Å². The van der Waals surface area contributed by atoms with Crippen molar-refractivity contribution in [3.63, 3.8) is 0 Å². The number of nitrogens with zero attached hydrogens (tertiary/aromatic N) is 2. The summed E-state index contributed by atoms with van der Waals surface area (Å²) in [6.45, 7) is 8.64. The van der Waals surface area contributed by atoms with Gasteiger partial charge in [0, 0.05) is 50.7 Å². The lowest BCUT2D eigenvalue weighted by Crippen LogP contribution is -2.45. The predicted octanol–water partition coefficient (Wildman–Crippen LogP) is 1.41. The van der Waals surface area contributed by atoms with Crippen molar-refractivity contribution >= 4 is 5.91 Å². The minimum atomic E-state index is 0.121. The number of carbonyl (C=O) groups is 1. The van der Waals surface area contributed by atoms with Crippen LogP contribution in [0.2, 0.25) is 0 Å². The molecule has 0 saturated carbocycles. The van der Waals surface area contributed by atoms with Gasteiger partial charge in [0.25, 0.3) is 0 Å². The fourth-order valence-corrected chi connectivity index (χ4v) is 3.73. The highest BCUT2D eigenvalue weighted by Crippen LogP contribution is 2.26. The molecule has 2 fully saturated rings. The monoisotopic (exact) mass is 320 g/mol. The number of H-pyrrole nitrogens is 1. The van der Waals surface area contributed by atoms with Gasteiger partial charge >= 0.3 is 0 Å². The SMILES string of the molecule is CC(C)[C@H]1CN(Cc2ncc[nH]2)C[C@@H]1NC(=O)C1CCOCC1. The van der Waals surface area contributed by atoms with E-state index in [0.29, 0.717) is 25.0 Å². The number of likely N-dealkylation sites (tertiary alicyclic amines) is 1. The Kier molecular flexibility index (Phi) is 5.33. The van der Waals surface area contributed by atoms with Gasteiger partial charge < -0.3 is 15.0 Å². The average Bonchev–Trinajstić information content (AvgIpc) is 3.18. The fraction of sp³-hybridized carbons (Fsp3) is 0.765. The first-order valence-corrected chi connectivity index (χ1v) is 8.72. The summed E-state index contributed by atoms with van der Waals surface area (Å²) in [5.74, 6) is 2.37. The number of hydrogen-bond donors (Lipinski definition) is 2. The van der Waals surface area contributed by atoms with Gasteiger partial charge in [0.2, 0.25) is 5.91 Å². The van der Waals surface area contributed by atoms with Gasteiger partial charge in [-0.15, -0.1) is 0 Å². The number of imidazole rings is 1. The molecule has 3 rings (SSSR count). The molecule has 3 heterocycles. The molecule has 1 amide bonds. The summed E-state index contributed by atoms with van der Waals surface area (Å²) in [5, 5.41) is 3.32. The summed E-state index contributed by atoms with van der Waals surface area (Å²) in [6.07, 6.45) is 5.34. The Balaban J connectivity index is 1.58. The summed E-state index contributed by atoms with van der Waals surface area (Å²) < 4.78 is 5.36. The highest BCUT2D eigenvalue weighted by Gasteiger charge is 2.36. The molecule has 128 valence electrons. The Morgan fingerprint density at radius 1 is 1.43 bits per heavy atom. The van der Waals surface area contributed by atoms with E-state index in [4.69, 9.17) is 4.74 Å². The minimum Gasteiger partial charge on any atom is -0.381 e. The van der Waals surface area contributed by atoms with Crippen LogP contribution in [0.25, 0.3) is 0 Å². The molecule has 1 aromatic rings. The minimum absolute atomic E-state index is 0.121. The fourth-order valence-electron chi connectivity index (χ4n) is 3.73. The van der Waals surface area contributed by atoms with E-state index in [1.54, 1.807) is 6.20 Å². The maximum absolute atomic E-state index is 12.5. The molecule has 6 heteroatoms. The molecule has 2 aliphatic heterocycles. The molecule has 2 atom stereocenters. The van der Waals surface area contributed by atoms with E-state index in [0.717, 1.165) is 38.3 Å². The van der Waals surface area contributed by atoms with Crippen molar-refractivity contribution in [3.8, 4) is 0 Å². The van der Waals surface area contributed by atoms with Crippen LogP contribution in [0.3, 0.4) is 0 Å². The topological polar surface area (TPSA) is 70.2 Å². The maximum Gasteiger partial charge on any atom is 0.223 e. The summed E-state index contributed by atoms with van der Waals surface area (Å²) in [7, 11) is 0. The van der Waals surface area contributed by atoms with E-state index >= 15 is 0 Å². The quantitative estimate of drug-likeness (QED) is 0.860. The zero-order chi connectivity index (χ0) is 16.2. The first-order chi connectivity index (χ1) is 11.1. The van der Waals surface area contributed by atoms with Crippen LogP contribution in [-0.4, -0.2) is 53.1 Å². The van der Waals surface area contributed by atoms with Crippen molar-refractivity contribution < 1.29 is 9.53 Å². The Labute approximate surface area is 138 Å². The number of aromatic nitrogens is 2. The second-order valence-corrected chi connectivity index (χ2v) is 7.14. The van der Waals surface area contributed by atoms with Gasteiger partial charge in [-0.1, -0.05) is 13.8 Å². The normalized spacial score (nSPS) is 26.7. The van der Waals surface area contributed by atoms with Crippen LogP contribution in [0.15, 0.2) is 12.4 Å². The smallest absolute Gasteiger partial charge is 0.223 e. The molecule has 0 aliphatic carbocycles. The third-order valence-corrected chi connectivity index (χ3v) is 5.15. The second-order valence-electron chi connectivity index (χ2n) is 7.14. The van der Waals surface area contributed by atoms with Crippen molar-refractivity contribution in [1.29, 1.82) is 0 Å². The summed E-state index contributed by atoms with van der Waals surface area (Å²) in [6, 6.07) is 0.236. The molecule has 2 N–H and O–H groups in total. The van der Waals surface area contributed by atoms with Crippen molar-refractivity contribution in [2.24, 2.45) is 17.8 Å². The van der Waals surface area contributed by atoms with E-state index in [9.17, 15) is 4.79 Å². The van der Waals surface area contributed by atoms with Gasteiger partial charge in [0.05, 0.1) is 6.54 Å². The molecule has 1 aromatic heterocycles. The van der Waals surface area contributed by atoms with E-state index in [1.165, 1.54) is 0 Å². The van der Waals surface area contributed by atoms with E-state index in [1.807, 2.05) is 6.20 Å². The van der Waals surface area contributed by atoms with Crippen LogP contribution >= 0.6 is 0 Å². The van der Waals surface area contributed by atoms with Crippen LogP contribution in [0.4, 0.5) is 0 Å². The summed E-state index contributed by atoms with van der Waals surface area (Å²) >= 11 is 0. The molecule has 23 heavy (non-hydrogen) atoms. The standard InChI is InChI=1S/C17H28N4O2/c1-12(2)14-9-21(11-16-18-5-6-19-16)10-15(14)20-17(22)13-3-7-23-8-4-13/h5-6,12-15H,3-4,7-11H2,1-2H3,(H,18,19)(H,20,22)/t14-,15+/m1/s1. The molecule has 0 aromatic carbocycles. The zero-order valence-corrected chi connectivity index (χ0v) is 14.1. The Morgan fingerprint density at radius 2 is 2.22 bits per heavy atom. The number of carbonyl (C=O) groups excluding carboxylic acids is 1. The third-order valence-electron chi connectivity index (χ3n) is 5.15. The number of rotatable bonds is 5. The number of hydrogen-bond acceptors (Lipinski definition) is 4.